The summed E-state index contributed by atoms with van der Waals surface area (Å²) in [6.45, 7) is 1.91. The topological polar surface area (TPSA) is 78.8 Å². The van der Waals surface area contributed by atoms with E-state index in [1.54, 1.807) is 6.92 Å². The molecule has 100 valence electrons. The molecule has 1 aromatic carbocycles. The van der Waals surface area contributed by atoms with E-state index in [4.69, 9.17) is 4.74 Å². The first kappa shape index (κ1) is 14.5. The van der Waals surface area contributed by atoms with Gasteiger partial charge in [0.1, 0.15) is 6.61 Å². The molecule has 2 atom stereocenters. The molecule has 1 amide bonds. The Morgan fingerprint density at radius 3 is 2.56 bits per heavy atom. The molecule has 5 nitrogen and oxygen atoms in total. The van der Waals surface area contributed by atoms with Crippen molar-refractivity contribution < 1.29 is 19.7 Å². The van der Waals surface area contributed by atoms with Gasteiger partial charge in [0.15, 0.2) is 0 Å². The van der Waals surface area contributed by atoms with E-state index in [9.17, 15) is 15.0 Å². The van der Waals surface area contributed by atoms with Gasteiger partial charge in [-0.15, -0.1) is 0 Å². The Labute approximate surface area is 106 Å². The molecule has 0 aromatic heterocycles. The van der Waals surface area contributed by atoms with Crippen molar-refractivity contribution in [3.05, 3.63) is 35.9 Å². The van der Waals surface area contributed by atoms with E-state index in [1.807, 2.05) is 30.3 Å². The number of aliphatic hydroxyl groups is 2. The van der Waals surface area contributed by atoms with Crippen LogP contribution in [0.1, 0.15) is 18.9 Å². The van der Waals surface area contributed by atoms with Gasteiger partial charge in [-0.05, 0) is 12.0 Å². The zero-order valence-corrected chi connectivity index (χ0v) is 10.4. The number of nitrogens with one attached hydrogen (secondary N) is 1. The van der Waals surface area contributed by atoms with Gasteiger partial charge in [0.05, 0.1) is 12.2 Å². The molecule has 3 N–H and O–H groups in total. The van der Waals surface area contributed by atoms with Crippen LogP contribution in [0.25, 0.3) is 0 Å². The van der Waals surface area contributed by atoms with E-state index >= 15 is 0 Å². The highest BCUT2D eigenvalue weighted by molar-refractivity contribution is 5.67. The molecule has 1 aromatic rings. The van der Waals surface area contributed by atoms with Crippen LogP contribution in [-0.2, 0) is 11.3 Å². The standard InChI is InChI=1S/C13H19NO4/c1-2-11(15)12(16)8-14-13(17)18-9-10-6-4-3-5-7-10/h3-7,11-12,15-16H,2,8-9H2,1H3,(H,14,17). The molecule has 0 aliphatic rings. The van der Waals surface area contributed by atoms with Crippen LogP contribution in [-0.4, -0.2) is 35.1 Å². The third-order valence-electron chi connectivity index (χ3n) is 2.53. The number of ether oxygens (including phenoxy) is 1. The summed E-state index contributed by atoms with van der Waals surface area (Å²) >= 11 is 0. The van der Waals surface area contributed by atoms with Gasteiger partial charge in [0, 0.05) is 6.54 Å². The van der Waals surface area contributed by atoms with Gasteiger partial charge in [0.2, 0.25) is 0 Å². The molecule has 0 fully saturated rings. The summed E-state index contributed by atoms with van der Waals surface area (Å²) in [6.07, 6.45) is -1.98. The molecular weight excluding hydrogens is 234 g/mol. The highest BCUT2D eigenvalue weighted by Crippen LogP contribution is 2.01. The van der Waals surface area contributed by atoms with Crippen LogP contribution in [0.4, 0.5) is 4.79 Å². The lowest BCUT2D eigenvalue weighted by Crippen LogP contribution is -2.38. The molecular formula is C13H19NO4. The summed E-state index contributed by atoms with van der Waals surface area (Å²) in [5.41, 5.74) is 0.891. The smallest absolute Gasteiger partial charge is 0.407 e. The minimum Gasteiger partial charge on any atom is -0.445 e. The van der Waals surface area contributed by atoms with Gasteiger partial charge in [-0.25, -0.2) is 4.79 Å². The minimum absolute atomic E-state index is 0.0252. The Morgan fingerprint density at radius 1 is 1.28 bits per heavy atom. The van der Waals surface area contributed by atoms with Crippen molar-refractivity contribution in [2.24, 2.45) is 0 Å². The van der Waals surface area contributed by atoms with Crippen molar-refractivity contribution in [2.75, 3.05) is 6.54 Å². The van der Waals surface area contributed by atoms with E-state index < -0.39 is 18.3 Å². The average molecular weight is 253 g/mol. The second-order valence-corrected chi connectivity index (χ2v) is 3.99. The monoisotopic (exact) mass is 253 g/mol. The number of benzene rings is 1. The molecule has 2 unspecified atom stereocenters. The fraction of sp³-hybridized carbons (Fsp3) is 0.462. The second kappa shape index (κ2) is 7.68. The third-order valence-corrected chi connectivity index (χ3v) is 2.53. The highest BCUT2D eigenvalue weighted by atomic mass is 16.5. The Kier molecular flexibility index (Phi) is 6.18. The summed E-state index contributed by atoms with van der Waals surface area (Å²) in [5.74, 6) is 0. The maximum Gasteiger partial charge on any atom is 0.407 e. The molecule has 0 saturated carbocycles. The lowest BCUT2D eigenvalue weighted by molar-refractivity contribution is 0.0176. The lowest BCUT2D eigenvalue weighted by atomic mass is 10.1. The van der Waals surface area contributed by atoms with Crippen LogP contribution in [0.2, 0.25) is 0 Å². The zero-order valence-electron chi connectivity index (χ0n) is 10.4. The van der Waals surface area contributed by atoms with Gasteiger partial charge in [-0.3, -0.25) is 0 Å². The van der Waals surface area contributed by atoms with Gasteiger partial charge < -0.3 is 20.3 Å². The Morgan fingerprint density at radius 2 is 1.94 bits per heavy atom. The summed E-state index contributed by atoms with van der Waals surface area (Å²) in [5, 5.41) is 21.1. The van der Waals surface area contributed by atoms with Crippen molar-refractivity contribution in [1.82, 2.24) is 5.32 Å². The number of hydrogen-bond donors (Lipinski definition) is 3. The highest BCUT2D eigenvalue weighted by Gasteiger charge is 2.15. The molecule has 0 aliphatic heterocycles. The van der Waals surface area contributed by atoms with E-state index in [1.165, 1.54) is 0 Å². The first-order chi connectivity index (χ1) is 8.63. The maximum atomic E-state index is 11.3. The summed E-state index contributed by atoms with van der Waals surface area (Å²) in [7, 11) is 0. The van der Waals surface area contributed by atoms with E-state index in [2.05, 4.69) is 5.32 Å². The van der Waals surface area contributed by atoms with Gasteiger partial charge in [-0.1, -0.05) is 37.3 Å². The largest absolute Gasteiger partial charge is 0.445 e. The van der Waals surface area contributed by atoms with Gasteiger partial charge >= 0.3 is 6.09 Å². The number of carbonyl (C=O) groups excluding carboxylic acids is 1. The predicted molar refractivity (Wildman–Crippen MR) is 66.9 cm³/mol. The normalized spacial score (nSPS) is 13.7. The predicted octanol–water partition coefficient (Wildman–Crippen LogP) is 1.04. The second-order valence-electron chi connectivity index (χ2n) is 3.99. The number of hydrogen-bond acceptors (Lipinski definition) is 4. The van der Waals surface area contributed by atoms with Crippen molar-refractivity contribution in [3.63, 3.8) is 0 Å². The summed E-state index contributed by atoms with van der Waals surface area (Å²) < 4.78 is 4.95. The Balaban J connectivity index is 2.22. The maximum absolute atomic E-state index is 11.3. The van der Waals surface area contributed by atoms with Crippen molar-refractivity contribution in [3.8, 4) is 0 Å². The van der Waals surface area contributed by atoms with E-state index in [0.717, 1.165) is 5.56 Å². The first-order valence-corrected chi connectivity index (χ1v) is 5.94. The number of carbonyl (C=O) groups is 1. The fourth-order valence-electron chi connectivity index (χ4n) is 1.37. The minimum atomic E-state index is -0.973. The number of amides is 1. The summed E-state index contributed by atoms with van der Waals surface area (Å²) in [6, 6.07) is 9.30. The zero-order chi connectivity index (χ0) is 13.4. The Bertz CT molecular complexity index is 355. The molecule has 1 rings (SSSR count). The fourth-order valence-corrected chi connectivity index (χ4v) is 1.37. The van der Waals surface area contributed by atoms with Crippen molar-refractivity contribution >= 4 is 6.09 Å². The molecule has 18 heavy (non-hydrogen) atoms. The van der Waals surface area contributed by atoms with Gasteiger partial charge in [-0.2, -0.15) is 0 Å². The van der Waals surface area contributed by atoms with Crippen LogP contribution < -0.4 is 5.32 Å². The average Bonchev–Trinajstić information content (AvgIpc) is 2.42. The number of alkyl carbamates (subject to hydrolysis) is 1. The molecule has 0 saturated heterocycles. The van der Waals surface area contributed by atoms with Crippen LogP contribution in [0.15, 0.2) is 30.3 Å². The Hall–Kier alpha value is -1.59. The molecule has 0 aliphatic carbocycles. The van der Waals surface area contributed by atoms with E-state index in [-0.39, 0.29) is 13.2 Å². The quantitative estimate of drug-likeness (QED) is 0.708. The SMILES string of the molecule is CCC(O)C(O)CNC(=O)OCc1ccccc1. The third kappa shape index (κ3) is 5.16. The van der Waals surface area contributed by atoms with E-state index in [0.29, 0.717) is 6.42 Å². The van der Waals surface area contributed by atoms with Crippen LogP contribution in [0.5, 0.6) is 0 Å². The molecule has 0 heterocycles. The molecule has 0 bridgehead atoms. The van der Waals surface area contributed by atoms with Crippen LogP contribution >= 0.6 is 0 Å². The van der Waals surface area contributed by atoms with Crippen molar-refractivity contribution in [2.45, 2.75) is 32.2 Å². The van der Waals surface area contributed by atoms with Gasteiger partial charge in [0.25, 0.3) is 0 Å². The van der Waals surface area contributed by atoms with Crippen molar-refractivity contribution in [1.29, 1.82) is 0 Å². The van der Waals surface area contributed by atoms with Crippen LogP contribution in [0, 0.1) is 0 Å². The lowest BCUT2D eigenvalue weighted by Gasteiger charge is -2.16. The molecule has 5 heteroatoms. The molecule has 0 spiro atoms. The number of aliphatic hydroxyl groups excluding tert-OH is 2. The number of rotatable bonds is 6. The first-order valence-electron chi connectivity index (χ1n) is 5.94. The summed E-state index contributed by atoms with van der Waals surface area (Å²) in [4.78, 5) is 11.3. The molecule has 0 radical (unpaired) electrons. The van der Waals surface area contributed by atoms with Crippen LogP contribution in [0.3, 0.4) is 0 Å².